The summed E-state index contributed by atoms with van der Waals surface area (Å²) in [7, 11) is 3.60. The van der Waals surface area contributed by atoms with Crippen molar-refractivity contribution in [2.24, 2.45) is 0 Å². The Morgan fingerprint density at radius 2 is 1.93 bits per heavy atom. The molecule has 10 nitrogen and oxygen atoms in total. The average molecular weight is 656 g/mol. The maximum atomic E-state index is 10.1. The van der Waals surface area contributed by atoms with E-state index in [4.69, 9.17) is 36.7 Å². The molecule has 0 spiro atoms. The molecule has 1 atom stereocenters. The van der Waals surface area contributed by atoms with Crippen LogP contribution in [0.5, 0.6) is 5.75 Å². The number of benzene rings is 1. The summed E-state index contributed by atoms with van der Waals surface area (Å²) < 4.78 is 6.13. The van der Waals surface area contributed by atoms with Gasteiger partial charge in [0.1, 0.15) is 34.7 Å². The van der Waals surface area contributed by atoms with E-state index < -0.39 is 6.10 Å². The van der Waals surface area contributed by atoms with Crippen molar-refractivity contribution in [1.29, 1.82) is 5.41 Å². The zero-order chi connectivity index (χ0) is 30.0. The Labute approximate surface area is 259 Å². The summed E-state index contributed by atoms with van der Waals surface area (Å²) >= 11 is 10.0. The van der Waals surface area contributed by atoms with Crippen molar-refractivity contribution in [3.63, 3.8) is 0 Å². The number of ether oxygens (including phenoxy) is 1. The van der Waals surface area contributed by atoms with Gasteiger partial charge in [-0.2, -0.15) is 0 Å². The molecule has 2 aliphatic rings. The van der Waals surface area contributed by atoms with Crippen molar-refractivity contribution in [2.45, 2.75) is 39.5 Å². The molecule has 4 N–H and O–H groups in total. The fourth-order valence-corrected chi connectivity index (χ4v) is 5.54. The lowest BCUT2D eigenvalue weighted by Crippen LogP contribution is -2.37. The Bertz CT molecular complexity index is 1530. The minimum atomic E-state index is -0.652. The van der Waals surface area contributed by atoms with Crippen molar-refractivity contribution in [3.05, 3.63) is 63.4 Å². The summed E-state index contributed by atoms with van der Waals surface area (Å²) in [5, 5.41) is 25.0. The lowest BCUT2D eigenvalue weighted by molar-refractivity contribution is 0.108. The van der Waals surface area contributed by atoms with E-state index in [-0.39, 0.29) is 11.2 Å². The molecule has 0 aliphatic carbocycles. The number of halogens is 2. The Morgan fingerprint density at radius 1 is 1.14 bits per heavy atom. The molecule has 12 heteroatoms. The van der Waals surface area contributed by atoms with Crippen molar-refractivity contribution in [3.8, 4) is 17.1 Å². The standard InChI is InChI=1S/C30H36BrClN8O2/c1-17(28(31)33)26(35-4)27-18(2)30(40-14-19-6-9-25(36-24(19)15-40)39-10-5-11-39)38-29(37-27)22-12-21(7-8-23(22)32)42-16-20(41)13-34-3/h6-9,12,20,33-35,41H,5,10-11,13-16H2,1-4H3/b26-17-,33-28?/t20-/m1/s1. The van der Waals surface area contributed by atoms with E-state index in [1.165, 1.54) is 12.0 Å². The normalized spacial score (nSPS) is 15.6. The molecule has 222 valence electrons. The van der Waals surface area contributed by atoms with Crippen LogP contribution in [0.3, 0.4) is 0 Å². The number of aromatic nitrogens is 3. The lowest BCUT2D eigenvalue weighted by Gasteiger charge is -2.32. The van der Waals surface area contributed by atoms with E-state index in [1.54, 1.807) is 25.2 Å². The summed E-state index contributed by atoms with van der Waals surface area (Å²) in [5.74, 6) is 2.78. The van der Waals surface area contributed by atoms with Crippen LogP contribution >= 0.6 is 27.5 Å². The van der Waals surface area contributed by atoms with E-state index in [2.05, 4.69) is 48.5 Å². The number of anilines is 2. The molecular formula is C30H36BrClN8O2. The largest absolute Gasteiger partial charge is 0.491 e. The first kappa shape index (κ1) is 30.2. The summed E-state index contributed by atoms with van der Waals surface area (Å²) in [5.41, 5.74) is 5.82. The number of nitrogens with one attached hydrogen (secondary N) is 3. The fraction of sp³-hybridized carbons (Fsp3) is 0.400. The SMILES string of the molecule is CNC[C@@H](O)COc1ccc(Cl)c(-c2nc(/C(NC)=C(\C)C(=N)Br)c(C)c(N3Cc4ccc(N5CCC5)nc4C3)n2)c1. The zero-order valence-electron chi connectivity index (χ0n) is 24.3. The molecule has 1 fully saturated rings. The second-order valence-corrected chi connectivity index (χ2v) is 11.7. The monoisotopic (exact) mass is 654 g/mol. The van der Waals surface area contributed by atoms with Crippen molar-refractivity contribution >= 4 is 49.5 Å². The van der Waals surface area contributed by atoms with Gasteiger partial charge in [0.2, 0.25) is 0 Å². The van der Waals surface area contributed by atoms with Crippen LogP contribution in [-0.2, 0) is 13.1 Å². The minimum Gasteiger partial charge on any atom is -0.491 e. The van der Waals surface area contributed by atoms with Crippen LogP contribution in [0.4, 0.5) is 11.6 Å². The number of fused-ring (bicyclic) bond motifs is 1. The zero-order valence-corrected chi connectivity index (χ0v) is 26.6. The van der Waals surface area contributed by atoms with Crippen molar-refractivity contribution in [1.82, 2.24) is 25.6 Å². The number of hydrogen-bond donors (Lipinski definition) is 4. The summed E-state index contributed by atoms with van der Waals surface area (Å²) in [6.45, 7) is 7.81. The summed E-state index contributed by atoms with van der Waals surface area (Å²) in [6, 6.07) is 9.59. The van der Waals surface area contributed by atoms with Gasteiger partial charge < -0.3 is 30.3 Å². The molecule has 1 saturated heterocycles. The van der Waals surface area contributed by atoms with Gasteiger partial charge in [-0.25, -0.2) is 15.0 Å². The molecule has 0 radical (unpaired) electrons. The highest BCUT2D eigenvalue weighted by atomic mass is 79.9. The molecule has 0 bridgehead atoms. The second-order valence-electron chi connectivity index (χ2n) is 10.5. The number of allylic oxidation sites excluding steroid dienone is 1. The third-order valence-corrected chi connectivity index (χ3v) is 8.53. The molecule has 3 aromatic rings. The Balaban J connectivity index is 1.57. The van der Waals surface area contributed by atoms with E-state index in [0.717, 1.165) is 36.0 Å². The Hall–Kier alpha value is -3.25. The molecule has 2 aromatic heterocycles. The number of rotatable bonds is 11. The highest BCUT2D eigenvalue weighted by Crippen LogP contribution is 2.37. The van der Waals surface area contributed by atoms with E-state index in [9.17, 15) is 5.11 Å². The predicted octanol–water partition coefficient (Wildman–Crippen LogP) is 4.51. The molecule has 5 rings (SSSR count). The fourth-order valence-electron chi connectivity index (χ4n) is 5.14. The quantitative estimate of drug-likeness (QED) is 0.221. The van der Waals surface area contributed by atoms with Crippen molar-refractivity contribution in [2.75, 3.05) is 50.1 Å². The summed E-state index contributed by atoms with van der Waals surface area (Å²) in [6.07, 6.45) is 0.551. The molecule has 4 heterocycles. The van der Waals surface area contributed by atoms with Gasteiger partial charge in [-0.3, -0.25) is 5.41 Å². The third kappa shape index (κ3) is 6.24. The predicted molar refractivity (Wildman–Crippen MR) is 172 cm³/mol. The first-order valence-electron chi connectivity index (χ1n) is 14.0. The van der Waals surface area contributed by atoms with Gasteiger partial charge in [0.25, 0.3) is 0 Å². The van der Waals surface area contributed by atoms with Crippen molar-refractivity contribution < 1.29 is 9.84 Å². The maximum absolute atomic E-state index is 10.1. The Kier molecular flexibility index (Phi) is 9.32. The first-order valence-corrected chi connectivity index (χ1v) is 15.1. The third-order valence-electron chi connectivity index (χ3n) is 7.61. The Morgan fingerprint density at radius 3 is 2.60 bits per heavy atom. The van der Waals surface area contributed by atoms with Crippen LogP contribution in [-0.4, -0.2) is 71.1 Å². The average Bonchev–Trinajstić information content (AvgIpc) is 3.36. The molecule has 1 aromatic carbocycles. The van der Waals surface area contributed by atoms with E-state index in [0.29, 0.717) is 58.8 Å². The maximum Gasteiger partial charge on any atom is 0.163 e. The smallest absolute Gasteiger partial charge is 0.163 e. The number of hydrogen-bond acceptors (Lipinski definition) is 10. The lowest BCUT2D eigenvalue weighted by atomic mass is 10.1. The van der Waals surface area contributed by atoms with E-state index >= 15 is 0 Å². The van der Waals surface area contributed by atoms with Crippen LogP contribution < -0.4 is 25.2 Å². The summed E-state index contributed by atoms with van der Waals surface area (Å²) in [4.78, 5) is 19.5. The molecule has 42 heavy (non-hydrogen) atoms. The number of likely N-dealkylation sites (N-methyl/N-ethyl adjacent to an activating group) is 1. The van der Waals surface area contributed by atoms with Gasteiger partial charge in [-0.05, 0) is 73.1 Å². The number of pyridine rings is 1. The number of nitrogens with zero attached hydrogens (tertiary/aromatic N) is 5. The molecule has 2 aliphatic heterocycles. The van der Waals surface area contributed by atoms with Crippen LogP contribution in [0, 0.1) is 12.3 Å². The molecule has 0 amide bonds. The van der Waals surface area contributed by atoms with Gasteiger partial charge in [0.05, 0.1) is 28.7 Å². The van der Waals surface area contributed by atoms with Gasteiger partial charge in [-0.1, -0.05) is 17.7 Å². The number of aliphatic hydroxyl groups excluding tert-OH is 1. The van der Waals surface area contributed by atoms with E-state index in [1.807, 2.05) is 20.9 Å². The van der Waals surface area contributed by atoms with Gasteiger partial charge >= 0.3 is 0 Å². The van der Waals surface area contributed by atoms with Crippen LogP contribution in [0.2, 0.25) is 5.02 Å². The van der Waals surface area contributed by atoms with Gasteiger partial charge in [0, 0.05) is 49.9 Å². The van der Waals surface area contributed by atoms with Crippen LogP contribution in [0.1, 0.15) is 35.9 Å². The molecule has 0 unspecified atom stereocenters. The highest BCUT2D eigenvalue weighted by Gasteiger charge is 2.28. The van der Waals surface area contributed by atoms with Gasteiger partial charge in [-0.15, -0.1) is 0 Å². The first-order chi connectivity index (χ1) is 20.2. The number of aliphatic hydroxyl groups is 1. The van der Waals surface area contributed by atoms with Gasteiger partial charge in [0.15, 0.2) is 5.82 Å². The minimum absolute atomic E-state index is 0.130. The highest BCUT2D eigenvalue weighted by molar-refractivity contribution is 9.18. The molecular weight excluding hydrogens is 620 g/mol. The molecule has 0 saturated carbocycles. The van der Waals surface area contributed by atoms with Crippen LogP contribution in [0.25, 0.3) is 17.1 Å². The van der Waals surface area contributed by atoms with Crippen LogP contribution in [0.15, 0.2) is 35.9 Å². The second kappa shape index (κ2) is 12.9. The topological polar surface area (TPSA) is 123 Å².